The third-order valence-electron chi connectivity index (χ3n) is 2.47. The number of benzene rings is 1. The number of carboxylic acids is 1. The summed E-state index contributed by atoms with van der Waals surface area (Å²) in [5.74, 6) is -1.66. The average Bonchev–Trinajstić information content (AvgIpc) is 2.38. The molecular formula is C12H16N2O4. The lowest BCUT2D eigenvalue weighted by molar-refractivity contribution is -0.139. The molecule has 0 aliphatic carbocycles. The van der Waals surface area contributed by atoms with Gasteiger partial charge in [0.1, 0.15) is 6.04 Å². The second-order valence-corrected chi connectivity index (χ2v) is 3.78. The SMILES string of the molecule is NCc1ccc(C(=O)N[C@H](CCO)C(=O)O)cc1. The lowest BCUT2D eigenvalue weighted by atomic mass is 10.1. The van der Waals surface area contributed by atoms with Crippen molar-refractivity contribution in [2.75, 3.05) is 6.61 Å². The Bertz CT molecular complexity index is 417. The first-order valence-electron chi connectivity index (χ1n) is 5.52. The highest BCUT2D eigenvalue weighted by Gasteiger charge is 2.19. The van der Waals surface area contributed by atoms with E-state index in [1.807, 2.05) is 0 Å². The van der Waals surface area contributed by atoms with Crippen molar-refractivity contribution in [3.05, 3.63) is 35.4 Å². The Labute approximate surface area is 104 Å². The second kappa shape index (κ2) is 6.73. The van der Waals surface area contributed by atoms with Crippen LogP contribution in [0.1, 0.15) is 22.3 Å². The van der Waals surface area contributed by atoms with Crippen LogP contribution in [-0.4, -0.2) is 34.7 Å². The number of aliphatic carboxylic acids is 1. The van der Waals surface area contributed by atoms with Crippen molar-refractivity contribution in [3.63, 3.8) is 0 Å². The quantitative estimate of drug-likeness (QED) is 0.555. The molecule has 0 saturated heterocycles. The number of aliphatic hydroxyl groups is 1. The molecular weight excluding hydrogens is 236 g/mol. The van der Waals surface area contributed by atoms with E-state index in [2.05, 4.69) is 5.32 Å². The van der Waals surface area contributed by atoms with E-state index in [9.17, 15) is 9.59 Å². The number of aliphatic hydroxyl groups excluding tert-OH is 1. The number of carbonyl (C=O) groups is 2. The first-order valence-corrected chi connectivity index (χ1v) is 5.52. The van der Waals surface area contributed by atoms with E-state index in [1.54, 1.807) is 24.3 Å². The standard InChI is InChI=1S/C12H16N2O4/c13-7-8-1-3-9(4-2-8)11(16)14-10(5-6-15)12(17)18/h1-4,10,15H,5-7,13H2,(H,14,16)(H,17,18)/t10-/m1/s1. The van der Waals surface area contributed by atoms with Crippen molar-refractivity contribution in [1.82, 2.24) is 5.32 Å². The molecule has 0 spiro atoms. The van der Waals surface area contributed by atoms with Gasteiger partial charge >= 0.3 is 5.97 Å². The van der Waals surface area contributed by atoms with Crippen LogP contribution in [0.5, 0.6) is 0 Å². The van der Waals surface area contributed by atoms with Crippen LogP contribution in [0.4, 0.5) is 0 Å². The fourth-order valence-electron chi connectivity index (χ4n) is 1.42. The van der Waals surface area contributed by atoms with E-state index < -0.39 is 17.9 Å². The summed E-state index contributed by atoms with van der Waals surface area (Å²) in [5.41, 5.74) is 6.67. The summed E-state index contributed by atoms with van der Waals surface area (Å²) in [4.78, 5) is 22.6. The lowest BCUT2D eigenvalue weighted by Crippen LogP contribution is -2.41. The van der Waals surface area contributed by atoms with Gasteiger partial charge in [0.25, 0.3) is 5.91 Å². The van der Waals surface area contributed by atoms with E-state index in [0.717, 1.165) is 5.56 Å². The Balaban J connectivity index is 2.70. The average molecular weight is 252 g/mol. The summed E-state index contributed by atoms with van der Waals surface area (Å²) in [6, 6.07) is 5.48. The van der Waals surface area contributed by atoms with Gasteiger partial charge in [-0.15, -0.1) is 0 Å². The van der Waals surface area contributed by atoms with E-state index in [4.69, 9.17) is 15.9 Å². The van der Waals surface area contributed by atoms with Crippen molar-refractivity contribution in [2.45, 2.75) is 19.0 Å². The number of hydrogen-bond acceptors (Lipinski definition) is 4. The highest BCUT2D eigenvalue weighted by Crippen LogP contribution is 2.04. The van der Waals surface area contributed by atoms with Crippen LogP contribution in [0.3, 0.4) is 0 Å². The number of nitrogens with one attached hydrogen (secondary N) is 1. The highest BCUT2D eigenvalue weighted by atomic mass is 16.4. The second-order valence-electron chi connectivity index (χ2n) is 3.78. The van der Waals surface area contributed by atoms with Crippen molar-refractivity contribution in [3.8, 4) is 0 Å². The molecule has 0 aliphatic heterocycles. The third-order valence-corrected chi connectivity index (χ3v) is 2.47. The molecule has 98 valence electrons. The van der Waals surface area contributed by atoms with Crippen molar-refractivity contribution < 1.29 is 19.8 Å². The number of hydrogen-bond donors (Lipinski definition) is 4. The lowest BCUT2D eigenvalue weighted by Gasteiger charge is -2.13. The zero-order valence-electron chi connectivity index (χ0n) is 9.80. The summed E-state index contributed by atoms with van der Waals surface area (Å²) < 4.78 is 0. The maximum Gasteiger partial charge on any atom is 0.326 e. The number of nitrogens with two attached hydrogens (primary N) is 1. The van der Waals surface area contributed by atoms with E-state index in [1.165, 1.54) is 0 Å². The normalized spacial score (nSPS) is 11.9. The number of carboxylic acid groups (broad SMARTS) is 1. The summed E-state index contributed by atoms with van der Waals surface area (Å²) >= 11 is 0. The summed E-state index contributed by atoms with van der Waals surface area (Å²) in [7, 11) is 0. The molecule has 0 saturated carbocycles. The molecule has 1 amide bonds. The Morgan fingerprint density at radius 2 is 1.89 bits per heavy atom. The van der Waals surface area contributed by atoms with Gasteiger partial charge in [0.05, 0.1) is 0 Å². The minimum atomic E-state index is -1.17. The summed E-state index contributed by atoms with van der Waals surface area (Å²) in [5, 5.41) is 19.9. The maximum atomic E-state index is 11.7. The summed E-state index contributed by atoms with van der Waals surface area (Å²) in [6.45, 7) is 0.0769. The molecule has 0 heterocycles. The summed E-state index contributed by atoms with van der Waals surface area (Å²) in [6.07, 6.45) is -0.0258. The highest BCUT2D eigenvalue weighted by molar-refractivity contribution is 5.96. The van der Waals surface area contributed by atoms with Crippen molar-refractivity contribution in [2.24, 2.45) is 5.73 Å². The van der Waals surface area contributed by atoms with Gasteiger partial charge in [-0.2, -0.15) is 0 Å². The predicted octanol–water partition coefficient (Wildman–Crippen LogP) is -0.289. The van der Waals surface area contributed by atoms with Crippen molar-refractivity contribution in [1.29, 1.82) is 0 Å². The van der Waals surface area contributed by atoms with Crippen LogP contribution < -0.4 is 11.1 Å². The molecule has 18 heavy (non-hydrogen) atoms. The molecule has 1 aromatic rings. The molecule has 6 heteroatoms. The van der Waals surface area contributed by atoms with E-state index in [-0.39, 0.29) is 13.0 Å². The minimum Gasteiger partial charge on any atom is -0.480 e. The van der Waals surface area contributed by atoms with Crippen LogP contribution in [0.2, 0.25) is 0 Å². The Hall–Kier alpha value is -1.92. The monoisotopic (exact) mass is 252 g/mol. The molecule has 0 aliphatic rings. The van der Waals surface area contributed by atoms with Gasteiger partial charge in [0, 0.05) is 25.1 Å². The zero-order chi connectivity index (χ0) is 13.5. The molecule has 0 fully saturated rings. The Morgan fingerprint density at radius 1 is 1.28 bits per heavy atom. The van der Waals surface area contributed by atoms with Gasteiger partial charge in [0.15, 0.2) is 0 Å². The number of rotatable bonds is 6. The van der Waals surface area contributed by atoms with Crippen molar-refractivity contribution >= 4 is 11.9 Å². The van der Waals surface area contributed by atoms with E-state index >= 15 is 0 Å². The first kappa shape index (κ1) is 14.1. The first-order chi connectivity index (χ1) is 8.58. The van der Waals surface area contributed by atoms with Crippen LogP contribution in [0, 0.1) is 0 Å². The number of carbonyl (C=O) groups excluding carboxylic acids is 1. The predicted molar refractivity (Wildman–Crippen MR) is 64.9 cm³/mol. The Kier molecular flexibility index (Phi) is 5.29. The zero-order valence-corrected chi connectivity index (χ0v) is 9.80. The van der Waals surface area contributed by atoms with Gasteiger partial charge < -0.3 is 21.3 Å². The molecule has 1 aromatic carbocycles. The largest absolute Gasteiger partial charge is 0.480 e. The van der Waals surface area contributed by atoms with Crippen LogP contribution in [0.15, 0.2) is 24.3 Å². The van der Waals surface area contributed by atoms with Gasteiger partial charge in [-0.05, 0) is 17.7 Å². The number of amides is 1. The van der Waals surface area contributed by atoms with Gasteiger partial charge in [-0.25, -0.2) is 4.79 Å². The molecule has 0 radical (unpaired) electrons. The molecule has 5 N–H and O–H groups in total. The van der Waals surface area contributed by atoms with Crippen LogP contribution in [0.25, 0.3) is 0 Å². The molecule has 1 rings (SSSR count). The topological polar surface area (TPSA) is 113 Å². The van der Waals surface area contributed by atoms with E-state index in [0.29, 0.717) is 12.1 Å². The molecule has 0 aromatic heterocycles. The minimum absolute atomic E-state index is 0.0258. The molecule has 1 atom stereocenters. The van der Waals surface area contributed by atoms with Crippen LogP contribution >= 0.6 is 0 Å². The fourth-order valence-corrected chi connectivity index (χ4v) is 1.42. The molecule has 0 bridgehead atoms. The smallest absolute Gasteiger partial charge is 0.326 e. The Morgan fingerprint density at radius 3 is 2.33 bits per heavy atom. The molecule has 6 nitrogen and oxygen atoms in total. The van der Waals surface area contributed by atoms with Gasteiger partial charge in [-0.1, -0.05) is 12.1 Å². The van der Waals surface area contributed by atoms with Gasteiger partial charge in [-0.3, -0.25) is 4.79 Å². The third kappa shape index (κ3) is 3.83. The van der Waals surface area contributed by atoms with Crippen LogP contribution in [-0.2, 0) is 11.3 Å². The maximum absolute atomic E-state index is 11.7. The molecule has 0 unspecified atom stereocenters. The van der Waals surface area contributed by atoms with Gasteiger partial charge in [0.2, 0.25) is 0 Å². The fraction of sp³-hybridized carbons (Fsp3) is 0.333.